The van der Waals surface area contributed by atoms with Crippen LogP contribution in [-0.4, -0.2) is 23.1 Å². The molecule has 0 saturated heterocycles. The number of nitrogens with one attached hydrogen (secondary N) is 1. The van der Waals surface area contributed by atoms with Gasteiger partial charge in [0, 0.05) is 12.6 Å². The Hall–Kier alpha value is -3.35. The fourth-order valence-corrected chi connectivity index (χ4v) is 1.79. The summed E-state index contributed by atoms with van der Waals surface area (Å²) in [5, 5.41) is 11.2. The SMILES string of the molecule is CC(=O)Nc1ccc(OC(=O)c2ccccc2OC(=O)O)cc1. The fraction of sp³-hybridized carbons (Fsp3) is 0.0625. The highest BCUT2D eigenvalue weighted by molar-refractivity contribution is 5.94. The number of hydrogen-bond acceptors (Lipinski definition) is 5. The molecule has 0 spiro atoms. The number of carbonyl (C=O) groups excluding carboxylic acids is 2. The molecule has 0 saturated carbocycles. The Kier molecular flexibility index (Phi) is 4.93. The second-order valence-electron chi connectivity index (χ2n) is 4.46. The van der Waals surface area contributed by atoms with Gasteiger partial charge in [0.2, 0.25) is 5.91 Å². The molecule has 0 aliphatic heterocycles. The molecule has 0 aromatic heterocycles. The number of anilines is 1. The Bertz CT molecular complexity index is 738. The zero-order chi connectivity index (χ0) is 16.8. The lowest BCUT2D eigenvalue weighted by atomic mass is 10.2. The molecule has 7 heteroatoms. The Morgan fingerprint density at radius 1 is 0.957 bits per heavy atom. The van der Waals surface area contributed by atoms with Crippen LogP contribution in [0, 0.1) is 0 Å². The Morgan fingerprint density at radius 2 is 1.61 bits per heavy atom. The molecule has 118 valence electrons. The second kappa shape index (κ2) is 7.08. The minimum atomic E-state index is -1.52. The van der Waals surface area contributed by atoms with Crippen molar-refractivity contribution in [1.29, 1.82) is 0 Å². The zero-order valence-electron chi connectivity index (χ0n) is 12.1. The summed E-state index contributed by atoms with van der Waals surface area (Å²) in [6, 6.07) is 12.0. The van der Waals surface area contributed by atoms with E-state index in [2.05, 4.69) is 10.1 Å². The van der Waals surface area contributed by atoms with Crippen molar-refractivity contribution in [2.45, 2.75) is 6.92 Å². The van der Waals surface area contributed by atoms with E-state index in [1.54, 1.807) is 18.2 Å². The third kappa shape index (κ3) is 4.57. The second-order valence-corrected chi connectivity index (χ2v) is 4.46. The Balaban J connectivity index is 2.13. The van der Waals surface area contributed by atoms with E-state index in [0.717, 1.165) is 0 Å². The molecule has 0 fully saturated rings. The highest BCUT2D eigenvalue weighted by Crippen LogP contribution is 2.22. The summed E-state index contributed by atoms with van der Waals surface area (Å²) in [6.45, 7) is 1.38. The van der Waals surface area contributed by atoms with Crippen LogP contribution in [0.3, 0.4) is 0 Å². The van der Waals surface area contributed by atoms with Crippen molar-refractivity contribution in [3.63, 3.8) is 0 Å². The minimum Gasteiger partial charge on any atom is -0.449 e. The van der Waals surface area contributed by atoms with Crippen LogP contribution in [0.25, 0.3) is 0 Å². The van der Waals surface area contributed by atoms with Crippen LogP contribution in [0.2, 0.25) is 0 Å². The average Bonchev–Trinajstić information content (AvgIpc) is 2.48. The third-order valence-corrected chi connectivity index (χ3v) is 2.69. The van der Waals surface area contributed by atoms with Gasteiger partial charge in [-0.25, -0.2) is 9.59 Å². The summed E-state index contributed by atoms with van der Waals surface area (Å²) < 4.78 is 9.69. The normalized spacial score (nSPS) is 9.78. The van der Waals surface area contributed by atoms with Crippen LogP contribution in [-0.2, 0) is 4.79 Å². The first kappa shape index (κ1) is 16.0. The molecular formula is C16H13NO6. The first-order valence-corrected chi connectivity index (χ1v) is 6.55. The van der Waals surface area contributed by atoms with Gasteiger partial charge in [0.15, 0.2) is 0 Å². The van der Waals surface area contributed by atoms with Gasteiger partial charge in [0.1, 0.15) is 17.1 Å². The summed E-state index contributed by atoms with van der Waals surface area (Å²) in [5.41, 5.74) is 0.549. The molecule has 1 amide bonds. The van der Waals surface area contributed by atoms with Crippen molar-refractivity contribution >= 4 is 23.7 Å². The topological polar surface area (TPSA) is 102 Å². The summed E-state index contributed by atoms with van der Waals surface area (Å²) in [6.07, 6.45) is -1.52. The van der Waals surface area contributed by atoms with E-state index in [1.807, 2.05) is 0 Å². The summed E-state index contributed by atoms with van der Waals surface area (Å²) in [5.74, 6) is -0.835. The number of hydrogen-bond donors (Lipinski definition) is 2. The quantitative estimate of drug-likeness (QED) is 0.511. The van der Waals surface area contributed by atoms with Gasteiger partial charge in [-0.3, -0.25) is 4.79 Å². The smallest absolute Gasteiger partial charge is 0.449 e. The summed E-state index contributed by atoms with van der Waals surface area (Å²) in [4.78, 5) is 33.7. The molecule has 0 bridgehead atoms. The number of carbonyl (C=O) groups is 3. The monoisotopic (exact) mass is 315 g/mol. The van der Waals surface area contributed by atoms with Crippen molar-refractivity contribution in [1.82, 2.24) is 0 Å². The highest BCUT2D eigenvalue weighted by Gasteiger charge is 2.16. The van der Waals surface area contributed by atoms with Gasteiger partial charge in [-0.05, 0) is 36.4 Å². The molecule has 0 atom stereocenters. The van der Waals surface area contributed by atoms with Gasteiger partial charge in [-0.2, -0.15) is 0 Å². The van der Waals surface area contributed by atoms with Gasteiger partial charge in [0.25, 0.3) is 0 Å². The van der Waals surface area contributed by atoms with Crippen molar-refractivity contribution in [2.24, 2.45) is 0 Å². The number of benzene rings is 2. The van der Waals surface area contributed by atoms with Gasteiger partial charge in [0.05, 0.1) is 0 Å². The number of rotatable bonds is 4. The lowest BCUT2D eigenvalue weighted by Gasteiger charge is -2.08. The number of carboxylic acid groups (broad SMARTS) is 1. The summed E-state index contributed by atoms with van der Waals surface area (Å²) >= 11 is 0. The van der Waals surface area contributed by atoms with Crippen molar-refractivity contribution in [3.8, 4) is 11.5 Å². The lowest BCUT2D eigenvalue weighted by Crippen LogP contribution is -2.13. The predicted octanol–water partition coefficient (Wildman–Crippen LogP) is 2.92. The Labute approximate surface area is 131 Å². The van der Waals surface area contributed by atoms with Gasteiger partial charge in [-0.1, -0.05) is 12.1 Å². The molecule has 0 heterocycles. The first-order chi connectivity index (χ1) is 11.0. The van der Waals surface area contributed by atoms with E-state index in [0.29, 0.717) is 5.69 Å². The average molecular weight is 315 g/mol. The van der Waals surface area contributed by atoms with Gasteiger partial charge < -0.3 is 19.9 Å². The Morgan fingerprint density at radius 3 is 2.22 bits per heavy atom. The molecular weight excluding hydrogens is 302 g/mol. The zero-order valence-corrected chi connectivity index (χ0v) is 12.1. The third-order valence-electron chi connectivity index (χ3n) is 2.69. The van der Waals surface area contributed by atoms with Crippen molar-refractivity contribution < 1.29 is 29.0 Å². The number of amides is 1. The van der Waals surface area contributed by atoms with E-state index in [1.165, 1.54) is 37.3 Å². The highest BCUT2D eigenvalue weighted by atomic mass is 16.7. The number of para-hydroxylation sites is 1. The molecule has 2 rings (SSSR count). The molecule has 7 nitrogen and oxygen atoms in total. The van der Waals surface area contributed by atoms with Crippen LogP contribution in [0.1, 0.15) is 17.3 Å². The lowest BCUT2D eigenvalue weighted by molar-refractivity contribution is -0.114. The molecule has 2 N–H and O–H groups in total. The molecule has 0 radical (unpaired) electrons. The fourth-order valence-electron chi connectivity index (χ4n) is 1.79. The van der Waals surface area contributed by atoms with Crippen LogP contribution in [0.4, 0.5) is 10.5 Å². The predicted molar refractivity (Wildman–Crippen MR) is 80.8 cm³/mol. The molecule has 0 aliphatic rings. The molecule has 0 aliphatic carbocycles. The molecule has 23 heavy (non-hydrogen) atoms. The molecule has 2 aromatic rings. The maximum Gasteiger partial charge on any atom is 0.511 e. The van der Waals surface area contributed by atoms with Crippen LogP contribution in [0.15, 0.2) is 48.5 Å². The number of ether oxygens (including phenoxy) is 2. The van der Waals surface area contributed by atoms with E-state index in [4.69, 9.17) is 9.84 Å². The van der Waals surface area contributed by atoms with Crippen LogP contribution < -0.4 is 14.8 Å². The van der Waals surface area contributed by atoms with Crippen LogP contribution in [0.5, 0.6) is 11.5 Å². The van der Waals surface area contributed by atoms with E-state index in [9.17, 15) is 14.4 Å². The maximum atomic E-state index is 12.1. The number of esters is 1. The maximum absolute atomic E-state index is 12.1. The minimum absolute atomic E-state index is 0.0131. The summed E-state index contributed by atoms with van der Waals surface area (Å²) in [7, 11) is 0. The first-order valence-electron chi connectivity index (χ1n) is 6.55. The largest absolute Gasteiger partial charge is 0.511 e. The van der Waals surface area contributed by atoms with Crippen molar-refractivity contribution in [3.05, 3.63) is 54.1 Å². The van der Waals surface area contributed by atoms with Gasteiger partial charge >= 0.3 is 12.1 Å². The van der Waals surface area contributed by atoms with Crippen molar-refractivity contribution in [2.75, 3.05) is 5.32 Å². The molecule has 2 aromatic carbocycles. The van der Waals surface area contributed by atoms with Crippen LogP contribution >= 0.6 is 0 Å². The molecule has 0 unspecified atom stereocenters. The van der Waals surface area contributed by atoms with E-state index >= 15 is 0 Å². The van der Waals surface area contributed by atoms with Gasteiger partial charge in [-0.15, -0.1) is 0 Å². The van der Waals surface area contributed by atoms with E-state index in [-0.39, 0.29) is 23.0 Å². The van der Waals surface area contributed by atoms with E-state index < -0.39 is 12.1 Å². The standard InChI is InChI=1S/C16H13NO6/c1-10(18)17-11-6-8-12(9-7-11)22-15(19)13-4-2-3-5-14(13)23-16(20)21/h2-9H,1H3,(H,17,18)(H,20,21).